The van der Waals surface area contributed by atoms with E-state index < -0.39 is 0 Å². The van der Waals surface area contributed by atoms with Gasteiger partial charge in [0.1, 0.15) is 35.4 Å². The third kappa shape index (κ3) is 14.1. The van der Waals surface area contributed by atoms with E-state index in [0.717, 1.165) is 61.1 Å². The second kappa shape index (κ2) is 26.2. The summed E-state index contributed by atoms with van der Waals surface area (Å²) < 4.78 is 2.56. The van der Waals surface area contributed by atoms with Crippen LogP contribution in [0.4, 0.5) is 0 Å². The van der Waals surface area contributed by atoms with Gasteiger partial charge in [-0.2, -0.15) is 21.0 Å². The van der Waals surface area contributed by atoms with Crippen molar-refractivity contribution < 1.29 is 0 Å². The molecule has 4 nitrogen and oxygen atoms in total. The molecule has 4 aromatic rings. The molecule has 0 saturated heterocycles. The summed E-state index contributed by atoms with van der Waals surface area (Å²) in [6.45, 7) is 8.97. The van der Waals surface area contributed by atoms with Crippen molar-refractivity contribution in [1.82, 2.24) is 0 Å². The number of thiophene rings is 4. The van der Waals surface area contributed by atoms with Crippen molar-refractivity contribution in [3.8, 4) is 24.3 Å². The molecule has 8 heteroatoms. The fraction of sp³-hybridized carbons (Fsp3) is 0.480. The van der Waals surface area contributed by atoms with Crippen LogP contribution in [-0.2, 0) is 25.7 Å². The summed E-state index contributed by atoms with van der Waals surface area (Å²) in [6.07, 6.45) is 35.8. The van der Waals surface area contributed by atoms with Crippen molar-refractivity contribution in [2.45, 2.75) is 156 Å². The van der Waals surface area contributed by atoms with Crippen LogP contribution in [0.2, 0.25) is 0 Å². The molecule has 0 saturated carbocycles. The summed E-state index contributed by atoms with van der Waals surface area (Å²) in [4.78, 5) is 7.09. The Bertz CT molecular complexity index is 1990. The number of nitrogens with zero attached hydrogens (tertiary/aromatic N) is 4. The third-order valence-corrected chi connectivity index (χ3v) is 15.2. The predicted molar refractivity (Wildman–Crippen MR) is 256 cm³/mol. The minimum Gasteiger partial charge on any atom is -0.192 e. The Hall–Kier alpha value is -4.02. The van der Waals surface area contributed by atoms with E-state index in [-0.39, 0.29) is 11.1 Å². The van der Waals surface area contributed by atoms with Gasteiger partial charge in [-0.3, -0.25) is 0 Å². The van der Waals surface area contributed by atoms with Crippen LogP contribution in [0.3, 0.4) is 0 Å². The molecule has 0 fully saturated rings. The average Bonchev–Trinajstić information content (AvgIpc) is 3.98. The summed E-state index contributed by atoms with van der Waals surface area (Å²) in [5.41, 5.74) is 5.81. The summed E-state index contributed by atoms with van der Waals surface area (Å²) >= 11 is 7.09. The van der Waals surface area contributed by atoms with E-state index in [4.69, 9.17) is 0 Å². The highest BCUT2D eigenvalue weighted by atomic mass is 32.1. The lowest BCUT2D eigenvalue weighted by molar-refractivity contribution is 0.651. The van der Waals surface area contributed by atoms with Crippen LogP contribution in [0.15, 0.2) is 23.3 Å². The highest BCUT2D eigenvalue weighted by molar-refractivity contribution is 7.28. The summed E-state index contributed by atoms with van der Waals surface area (Å²) in [7, 11) is 0. The van der Waals surface area contributed by atoms with Crippen LogP contribution in [0.1, 0.15) is 182 Å². The van der Waals surface area contributed by atoms with E-state index in [2.05, 4.69) is 88.4 Å². The van der Waals surface area contributed by atoms with Crippen molar-refractivity contribution in [2.24, 2.45) is 0 Å². The first-order chi connectivity index (χ1) is 28.4. The second-order valence-electron chi connectivity index (χ2n) is 15.1. The highest BCUT2D eigenvalue weighted by Crippen LogP contribution is 2.39. The molecular weight excluding hydrogens is 785 g/mol. The Labute approximate surface area is 365 Å². The van der Waals surface area contributed by atoms with E-state index in [1.54, 1.807) is 22.7 Å². The molecule has 0 atom stereocenters. The molecule has 4 heterocycles. The molecule has 0 aliphatic heterocycles. The lowest BCUT2D eigenvalue weighted by atomic mass is 9.96. The van der Waals surface area contributed by atoms with Gasteiger partial charge in [-0.05, 0) is 122 Å². The van der Waals surface area contributed by atoms with Gasteiger partial charge in [0.05, 0.1) is 0 Å². The molecule has 0 unspecified atom stereocenters. The van der Waals surface area contributed by atoms with E-state index in [1.807, 2.05) is 34.8 Å². The molecule has 304 valence electrons. The van der Waals surface area contributed by atoms with Crippen molar-refractivity contribution in [3.63, 3.8) is 0 Å². The molecule has 0 aromatic carbocycles. The summed E-state index contributed by atoms with van der Waals surface area (Å²) in [5, 5.41) is 38.4. The minimum atomic E-state index is 0.169. The van der Waals surface area contributed by atoms with E-state index in [9.17, 15) is 21.0 Å². The first kappa shape index (κ1) is 46.7. The van der Waals surface area contributed by atoms with E-state index >= 15 is 0 Å². The largest absolute Gasteiger partial charge is 0.192 e. The number of rotatable bonds is 26. The highest BCUT2D eigenvalue weighted by Gasteiger charge is 2.18. The molecule has 0 bridgehead atoms. The number of nitriles is 4. The molecule has 4 aromatic heterocycles. The van der Waals surface area contributed by atoms with Crippen molar-refractivity contribution in [1.29, 1.82) is 21.0 Å². The van der Waals surface area contributed by atoms with Crippen molar-refractivity contribution >= 4 is 91.2 Å². The molecule has 0 spiro atoms. The second-order valence-corrected chi connectivity index (χ2v) is 19.5. The molecule has 0 aliphatic rings. The monoisotopic (exact) mass is 844 g/mol. The number of fused-ring (bicyclic) bond motifs is 1. The van der Waals surface area contributed by atoms with Gasteiger partial charge in [-0.1, -0.05) is 105 Å². The Balaban J connectivity index is 1.65. The van der Waals surface area contributed by atoms with Gasteiger partial charge in [0.2, 0.25) is 0 Å². The summed E-state index contributed by atoms with van der Waals surface area (Å²) in [5.74, 6) is 0. The zero-order chi connectivity index (χ0) is 41.5. The van der Waals surface area contributed by atoms with Crippen LogP contribution >= 0.6 is 45.3 Å². The quantitative estimate of drug-likeness (QED) is 0.0464. The van der Waals surface area contributed by atoms with Crippen molar-refractivity contribution in [2.75, 3.05) is 0 Å². The fourth-order valence-electron chi connectivity index (χ4n) is 7.39. The predicted octanol–water partition coefficient (Wildman–Crippen LogP) is 16.8. The van der Waals surface area contributed by atoms with Crippen LogP contribution in [0.25, 0.3) is 45.9 Å². The van der Waals surface area contributed by atoms with Gasteiger partial charge in [0, 0.05) is 38.7 Å². The Morgan fingerprint density at radius 3 is 1.02 bits per heavy atom. The van der Waals surface area contributed by atoms with E-state index in [1.165, 1.54) is 128 Å². The Morgan fingerprint density at radius 2 is 0.724 bits per heavy atom. The van der Waals surface area contributed by atoms with Gasteiger partial charge >= 0.3 is 0 Å². The molecule has 0 amide bonds. The maximum Gasteiger partial charge on any atom is 0.131 e. The topological polar surface area (TPSA) is 95.2 Å². The third-order valence-electron chi connectivity index (χ3n) is 10.6. The Kier molecular flexibility index (Phi) is 21.0. The smallest absolute Gasteiger partial charge is 0.131 e. The number of hydrogen-bond acceptors (Lipinski definition) is 8. The number of hydrogen-bond donors (Lipinski definition) is 0. The normalized spacial score (nSPS) is 11.2. The molecule has 0 radical (unpaired) electrons. The molecule has 4 rings (SSSR count). The minimum absolute atomic E-state index is 0.169. The Morgan fingerprint density at radius 1 is 0.414 bits per heavy atom. The molecule has 58 heavy (non-hydrogen) atoms. The number of unbranched alkanes of at least 4 members (excludes halogenated alkanes) is 12. The number of allylic oxidation sites excluding steroid dienone is 2. The fourth-order valence-corrected chi connectivity index (χ4v) is 12.1. The standard InChI is InChI=1S/C50H60N4S4/c1-5-9-13-17-21-41-43(23-19-15-11-7-3)47(29-37(33-51)34-52)57-45(41)27-25-39-31-49-50(55-39)32-40(56-49)26-28-46-42(22-18-14-10-6-2)44(24-20-16-12-8-4)48(58-46)30-38(35-53)36-54/h25-32H,5-24H2,1-4H3/b27-25+,28-26+. The maximum absolute atomic E-state index is 9.60. The van der Waals surface area contributed by atoms with Gasteiger partial charge in [0.25, 0.3) is 0 Å². The van der Waals surface area contributed by atoms with Gasteiger partial charge < -0.3 is 0 Å². The van der Waals surface area contributed by atoms with E-state index in [0.29, 0.717) is 0 Å². The molecule has 0 aliphatic carbocycles. The SMILES string of the molecule is CCCCCCc1c(C=C(C#N)C#N)sc(/C=C/c2cc3sc(/C=C/c4sc(C=C(C#N)C#N)c(CCCCCC)c4CCCCCC)cc3s2)c1CCCCCC. The first-order valence-electron chi connectivity index (χ1n) is 21.7. The molecular formula is C50H60N4S4. The zero-order valence-electron chi connectivity index (χ0n) is 35.2. The first-order valence-corrected chi connectivity index (χ1v) is 24.9. The van der Waals surface area contributed by atoms with Gasteiger partial charge in [-0.15, -0.1) is 45.3 Å². The lowest BCUT2D eigenvalue weighted by Gasteiger charge is -2.08. The van der Waals surface area contributed by atoms with Gasteiger partial charge in [0.15, 0.2) is 0 Å². The zero-order valence-corrected chi connectivity index (χ0v) is 38.4. The van der Waals surface area contributed by atoms with Crippen LogP contribution in [0.5, 0.6) is 0 Å². The summed E-state index contributed by atoms with van der Waals surface area (Å²) in [6, 6.07) is 13.0. The van der Waals surface area contributed by atoms with Crippen LogP contribution < -0.4 is 0 Å². The lowest BCUT2D eigenvalue weighted by Crippen LogP contribution is -1.95. The van der Waals surface area contributed by atoms with Crippen LogP contribution in [-0.4, -0.2) is 0 Å². The average molecular weight is 845 g/mol. The van der Waals surface area contributed by atoms with Gasteiger partial charge in [-0.25, -0.2) is 0 Å². The molecule has 0 N–H and O–H groups in total. The maximum atomic E-state index is 9.60. The van der Waals surface area contributed by atoms with Crippen molar-refractivity contribution in [3.05, 3.63) is 74.8 Å². The van der Waals surface area contributed by atoms with Crippen LogP contribution in [0, 0.1) is 45.3 Å².